The summed E-state index contributed by atoms with van der Waals surface area (Å²) in [5.74, 6) is -2.24. The molecule has 1 aliphatic heterocycles. The molecule has 1 aromatic rings. The molecular weight excluding hydrogens is 296 g/mol. The molecule has 2 amide bonds. The number of rotatable bonds is 2. The lowest BCUT2D eigenvalue weighted by Crippen LogP contribution is -2.57. The maximum atomic E-state index is 12.5. The smallest absolute Gasteiger partial charge is 0.327 e. The molecular formula is C14H11ClN2O4. The van der Waals surface area contributed by atoms with Crippen molar-refractivity contribution in [2.75, 3.05) is 14.2 Å². The second kappa shape index (κ2) is 5.19. The van der Waals surface area contributed by atoms with Crippen LogP contribution in [0.15, 0.2) is 18.2 Å². The molecule has 6 nitrogen and oxygen atoms in total. The number of amides is 2. The van der Waals surface area contributed by atoms with Gasteiger partial charge < -0.3 is 4.74 Å². The summed E-state index contributed by atoms with van der Waals surface area (Å²) in [5.41, 5.74) is -1.61. The normalized spacial score (nSPS) is 20.8. The Morgan fingerprint density at radius 2 is 2.14 bits per heavy atom. The van der Waals surface area contributed by atoms with Crippen molar-refractivity contribution in [2.24, 2.45) is 0 Å². The standard InChI is InChI=1S/C14H11ClN2O4/c1-17-11(18)9-4-3-8(15)7-10(9)14(5-6-16,12(17)19)13(20)21-2/h3-4,7H,5H2,1-2H3. The largest absolute Gasteiger partial charge is 0.468 e. The lowest BCUT2D eigenvalue weighted by molar-refractivity contribution is -0.155. The van der Waals surface area contributed by atoms with Crippen LogP contribution in [0.4, 0.5) is 0 Å². The number of likely N-dealkylation sites (N-methyl/N-ethyl adjacent to an activating group) is 1. The summed E-state index contributed by atoms with van der Waals surface area (Å²) in [4.78, 5) is 37.8. The summed E-state index contributed by atoms with van der Waals surface area (Å²) < 4.78 is 4.70. The highest BCUT2D eigenvalue weighted by atomic mass is 35.5. The predicted molar refractivity (Wildman–Crippen MR) is 72.5 cm³/mol. The van der Waals surface area contributed by atoms with Gasteiger partial charge in [0.25, 0.3) is 11.8 Å². The van der Waals surface area contributed by atoms with Crippen molar-refractivity contribution in [3.63, 3.8) is 0 Å². The molecule has 0 fully saturated rings. The number of esters is 1. The van der Waals surface area contributed by atoms with Crippen LogP contribution in [0.3, 0.4) is 0 Å². The molecule has 0 aromatic heterocycles. The van der Waals surface area contributed by atoms with Crippen LogP contribution in [0.1, 0.15) is 22.3 Å². The maximum Gasteiger partial charge on any atom is 0.327 e. The SMILES string of the molecule is COC(=O)C1(CC#N)C(=O)N(C)C(=O)c2ccc(Cl)cc21. The molecule has 1 heterocycles. The first kappa shape index (κ1) is 15.0. The summed E-state index contributed by atoms with van der Waals surface area (Å²) in [7, 11) is 2.38. The Labute approximate surface area is 125 Å². The molecule has 1 aromatic carbocycles. The van der Waals surface area contributed by atoms with E-state index < -0.39 is 29.6 Å². The molecule has 0 saturated heterocycles. The topological polar surface area (TPSA) is 87.5 Å². The Morgan fingerprint density at radius 1 is 1.48 bits per heavy atom. The number of ether oxygens (including phenoxy) is 1. The number of hydrogen-bond donors (Lipinski definition) is 0. The van der Waals surface area contributed by atoms with Gasteiger partial charge >= 0.3 is 5.97 Å². The first-order valence-electron chi connectivity index (χ1n) is 5.98. The minimum atomic E-state index is -1.87. The number of methoxy groups -OCH3 is 1. The summed E-state index contributed by atoms with van der Waals surface area (Å²) in [5, 5.41) is 9.30. The zero-order valence-electron chi connectivity index (χ0n) is 11.3. The zero-order valence-corrected chi connectivity index (χ0v) is 12.1. The molecule has 2 rings (SSSR count). The fourth-order valence-electron chi connectivity index (χ4n) is 2.46. The number of carbonyl (C=O) groups excluding carboxylic acids is 3. The third kappa shape index (κ3) is 1.98. The molecule has 0 bridgehead atoms. The minimum Gasteiger partial charge on any atom is -0.468 e. The number of nitriles is 1. The number of nitrogens with zero attached hydrogens (tertiary/aromatic N) is 2. The summed E-state index contributed by atoms with van der Waals surface area (Å²) in [6.45, 7) is 0. The van der Waals surface area contributed by atoms with Crippen molar-refractivity contribution in [3.8, 4) is 6.07 Å². The van der Waals surface area contributed by atoms with Crippen LogP contribution < -0.4 is 0 Å². The van der Waals surface area contributed by atoms with Crippen molar-refractivity contribution >= 4 is 29.4 Å². The van der Waals surface area contributed by atoms with E-state index in [1.54, 1.807) is 0 Å². The van der Waals surface area contributed by atoms with Crippen LogP contribution in [0.2, 0.25) is 5.02 Å². The summed E-state index contributed by atoms with van der Waals surface area (Å²) >= 11 is 5.91. The third-order valence-corrected chi connectivity index (χ3v) is 3.76. The van der Waals surface area contributed by atoms with E-state index in [0.29, 0.717) is 0 Å². The van der Waals surface area contributed by atoms with E-state index in [4.69, 9.17) is 21.6 Å². The molecule has 21 heavy (non-hydrogen) atoms. The van der Waals surface area contributed by atoms with E-state index in [1.807, 2.05) is 6.07 Å². The average molecular weight is 307 g/mol. The Bertz CT molecular complexity index is 695. The lowest BCUT2D eigenvalue weighted by Gasteiger charge is -2.37. The molecule has 1 atom stereocenters. The highest BCUT2D eigenvalue weighted by Crippen LogP contribution is 2.39. The average Bonchev–Trinajstić information content (AvgIpc) is 2.48. The van der Waals surface area contributed by atoms with Crippen LogP contribution in [0, 0.1) is 11.3 Å². The van der Waals surface area contributed by atoms with Gasteiger partial charge in [0, 0.05) is 17.6 Å². The monoisotopic (exact) mass is 306 g/mol. The molecule has 108 valence electrons. The van der Waals surface area contributed by atoms with Crippen molar-refractivity contribution in [1.29, 1.82) is 5.26 Å². The third-order valence-electron chi connectivity index (χ3n) is 3.52. The van der Waals surface area contributed by atoms with Crippen LogP contribution in [0.25, 0.3) is 0 Å². The number of imide groups is 1. The number of hydrogen-bond acceptors (Lipinski definition) is 5. The highest BCUT2D eigenvalue weighted by molar-refractivity contribution is 6.31. The number of halogens is 1. The van der Waals surface area contributed by atoms with Gasteiger partial charge in [0.1, 0.15) is 0 Å². The van der Waals surface area contributed by atoms with Crippen LogP contribution in [-0.4, -0.2) is 36.8 Å². The maximum absolute atomic E-state index is 12.5. The molecule has 0 radical (unpaired) electrons. The second-order valence-electron chi connectivity index (χ2n) is 4.59. The van der Waals surface area contributed by atoms with Gasteiger partial charge in [0.05, 0.1) is 19.6 Å². The molecule has 7 heteroatoms. The molecule has 0 aliphatic carbocycles. The second-order valence-corrected chi connectivity index (χ2v) is 5.03. The molecule has 1 unspecified atom stereocenters. The fourth-order valence-corrected chi connectivity index (χ4v) is 2.64. The van der Waals surface area contributed by atoms with Gasteiger partial charge in [-0.05, 0) is 23.8 Å². The number of fused-ring (bicyclic) bond motifs is 1. The molecule has 0 spiro atoms. The van der Waals surface area contributed by atoms with Gasteiger partial charge in [0.2, 0.25) is 0 Å². The number of benzene rings is 1. The van der Waals surface area contributed by atoms with Crippen molar-refractivity contribution in [1.82, 2.24) is 4.90 Å². The van der Waals surface area contributed by atoms with Crippen molar-refractivity contribution < 1.29 is 19.1 Å². The number of carbonyl (C=O) groups is 3. The Hall–Kier alpha value is -2.39. The van der Waals surface area contributed by atoms with E-state index in [1.165, 1.54) is 25.2 Å². The first-order valence-corrected chi connectivity index (χ1v) is 6.35. The molecule has 0 N–H and O–H groups in total. The van der Waals surface area contributed by atoms with E-state index in [2.05, 4.69) is 0 Å². The minimum absolute atomic E-state index is 0.108. The lowest BCUT2D eigenvalue weighted by atomic mass is 9.72. The fraction of sp³-hybridized carbons (Fsp3) is 0.286. The van der Waals surface area contributed by atoms with Gasteiger partial charge in [-0.15, -0.1) is 0 Å². The van der Waals surface area contributed by atoms with Crippen LogP contribution in [0.5, 0.6) is 0 Å². The summed E-state index contributed by atoms with van der Waals surface area (Å²) in [6, 6.07) is 6.08. The van der Waals surface area contributed by atoms with Gasteiger partial charge in [-0.25, -0.2) is 0 Å². The van der Waals surface area contributed by atoms with Crippen molar-refractivity contribution in [3.05, 3.63) is 34.3 Å². The van der Waals surface area contributed by atoms with Gasteiger partial charge in [-0.3, -0.25) is 19.3 Å². The van der Waals surface area contributed by atoms with E-state index in [-0.39, 0.29) is 16.1 Å². The van der Waals surface area contributed by atoms with Gasteiger partial charge in [0.15, 0.2) is 5.41 Å². The predicted octanol–water partition coefficient (Wildman–Crippen LogP) is 1.28. The van der Waals surface area contributed by atoms with Crippen LogP contribution in [-0.2, 0) is 19.7 Å². The van der Waals surface area contributed by atoms with E-state index in [0.717, 1.165) is 12.0 Å². The zero-order chi connectivity index (χ0) is 15.8. The Morgan fingerprint density at radius 3 is 2.71 bits per heavy atom. The van der Waals surface area contributed by atoms with Crippen LogP contribution >= 0.6 is 11.6 Å². The van der Waals surface area contributed by atoms with Gasteiger partial charge in [-0.2, -0.15) is 5.26 Å². The Balaban J connectivity index is 2.86. The van der Waals surface area contributed by atoms with Gasteiger partial charge in [-0.1, -0.05) is 11.6 Å². The molecule has 0 saturated carbocycles. The van der Waals surface area contributed by atoms with Crippen molar-refractivity contribution in [2.45, 2.75) is 11.8 Å². The molecule has 1 aliphatic rings. The Kier molecular flexibility index (Phi) is 3.71. The first-order chi connectivity index (χ1) is 9.90. The van der Waals surface area contributed by atoms with E-state index in [9.17, 15) is 14.4 Å². The highest BCUT2D eigenvalue weighted by Gasteiger charge is 2.56. The van der Waals surface area contributed by atoms with E-state index >= 15 is 0 Å². The summed E-state index contributed by atoms with van der Waals surface area (Å²) in [6.07, 6.45) is -0.441. The quantitative estimate of drug-likeness (QED) is 0.466.